The van der Waals surface area contributed by atoms with Crippen molar-refractivity contribution in [2.24, 2.45) is 0 Å². The average molecular weight is 382 g/mol. The van der Waals surface area contributed by atoms with Crippen molar-refractivity contribution >= 4 is 33.6 Å². The second-order valence-corrected chi connectivity index (χ2v) is 6.10. The quantitative estimate of drug-likeness (QED) is 0.667. The van der Waals surface area contributed by atoms with Gasteiger partial charge in [-0.3, -0.25) is 9.48 Å². The highest BCUT2D eigenvalue weighted by Gasteiger charge is 2.01. The molecule has 0 saturated carbocycles. The second kappa shape index (κ2) is 7.75. The van der Waals surface area contributed by atoms with Crippen LogP contribution in [-0.4, -0.2) is 15.7 Å². The van der Waals surface area contributed by atoms with Gasteiger partial charge in [0.1, 0.15) is 0 Å². The molecule has 3 aromatic rings. The average Bonchev–Trinajstić information content (AvgIpc) is 3.07. The molecule has 0 saturated heterocycles. The molecule has 1 heterocycles. The molecular formula is C19H16BrN3O. The summed E-state index contributed by atoms with van der Waals surface area (Å²) >= 11 is 3.46. The van der Waals surface area contributed by atoms with Crippen molar-refractivity contribution in [3.8, 4) is 0 Å². The lowest BCUT2D eigenvalue weighted by Crippen LogP contribution is -2.08. The summed E-state index contributed by atoms with van der Waals surface area (Å²) in [5, 5.41) is 7.07. The summed E-state index contributed by atoms with van der Waals surface area (Å²) in [5.41, 5.74) is 2.80. The second-order valence-electron chi connectivity index (χ2n) is 5.25. The Kier molecular flexibility index (Phi) is 5.23. The summed E-state index contributed by atoms with van der Waals surface area (Å²) < 4.78 is 2.79. The Labute approximate surface area is 149 Å². The van der Waals surface area contributed by atoms with Crippen molar-refractivity contribution in [3.63, 3.8) is 0 Å². The normalized spacial score (nSPS) is 10.9. The standard InChI is InChI=1S/C19H16BrN3O/c20-18-8-2-1-6-16(18)9-10-19(24)22-17-7-3-5-15(13-17)14-23-12-4-11-21-23/h1-13H,14H2,(H,22,24)/b10-9+. The van der Waals surface area contributed by atoms with Gasteiger partial charge < -0.3 is 5.32 Å². The van der Waals surface area contributed by atoms with E-state index >= 15 is 0 Å². The summed E-state index contributed by atoms with van der Waals surface area (Å²) in [6.07, 6.45) is 6.97. The number of benzene rings is 2. The van der Waals surface area contributed by atoms with E-state index in [1.807, 2.05) is 65.5 Å². The van der Waals surface area contributed by atoms with Gasteiger partial charge in [0, 0.05) is 28.6 Å². The highest BCUT2D eigenvalue weighted by molar-refractivity contribution is 9.10. The maximum absolute atomic E-state index is 12.1. The number of rotatable bonds is 5. The predicted octanol–water partition coefficient (Wildman–Crippen LogP) is 4.35. The molecule has 0 radical (unpaired) electrons. The van der Waals surface area contributed by atoms with Crippen LogP contribution in [0.2, 0.25) is 0 Å². The molecule has 0 atom stereocenters. The van der Waals surface area contributed by atoms with Crippen LogP contribution in [0.1, 0.15) is 11.1 Å². The van der Waals surface area contributed by atoms with Crippen LogP contribution in [0.15, 0.2) is 77.5 Å². The molecule has 3 rings (SSSR count). The lowest BCUT2D eigenvalue weighted by molar-refractivity contribution is -0.111. The van der Waals surface area contributed by atoms with Crippen LogP contribution in [0.5, 0.6) is 0 Å². The van der Waals surface area contributed by atoms with Crippen molar-refractivity contribution in [3.05, 3.63) is 88.7 Å². The minimum absolute atomic E-state index is 0.165. The topological polar surface area (TPSA) is 46.9 Å². The van der Waals surface area contributed by atoms with E-state index in [1.54, 1.807) is 12.3 Å². The maximum atomic E-state index is 12.1. The first kappa shape index (κ1) is 16.2. The largest absolute Gasteiger partial charge is 0.323 e. The molecule has 1 aromatic heterocycles. The number of nitrogens with one attached hydrogen (secondary N) is 1. The fourth-order valence-electron chi connectivity index (χ4n) is 2.29. The summed E-state index contributed by atoms with van der Waals surface area (Å²) in [7, 11) is 0. The van der Waals surface area contributed by atoms with Crippen LogP contribution in [0.4, 0.5) is 5.69 Å². The highest BCUT2D eigenvalue weighted by atomic mass is 79.9. The van der Waals surface area contributed by atoms with E-state index in [9.17, 15) is 4.79 Å². The number of halogens is 1. The Morgan fingerprint density at radius 3 is 2.83 bits per heavy atom. The summed E-state index contributed by atoms with van der Waals surface area (Å²) in [6, 6.07) is 17.4. The van der Waals surface area contributed by atoms with E-state index in [0.29, 0.717) is 6.54 Å². The van der Waals surface area contributed by atoms with Gasteiger partial charge in [-0.1, -0.05) is 46.3 Å². The van der Waals surface area contributed by atoms with Gasteiger partial charge in [0.2, 0.25) is 5.91 Å². The van der Waals surface area contributed by atoms with Gasteiger partial charge >= 0.3 is 0 Å². The van der Waals surface area contributed by atoms with E-state index in [-0.39, 0.29) is 5.91 Å². The molecule has 0 aliphatic heterocycles. The van der Waals surface area contributed by atoms with Crippen LogP contribution >= 0.6 is 15.9 Å². The molecule has 2 aromatic carbocycles. The highest BCUT2D eigenvalue weighted by Crippen LogP contribution is 2.17. The molecule has 4 nitrogen and oxygen atoms in total. The number of amides is 1. The fourth-order valence-corrected chi connectivity index (χ4v) is 2.71. The Morgan fingerprint density at radius 1 is 1.17 bits per heavy atom. The van der Waals surface area contributed by atoms with Crippen molar-refractivity contribution in [2.45, 2.75) is 6.54 Å². The molecule has 0 spiro atoms. The van der Waals surface area contributed by atoms with Crippen molar-refractivity contribution in [1.29, 1.82) is 0 Å². The molecule has 0 bridgehead atoms. The summed E-state index contributed by atoms with van der Waals surface area (Å²) in [5.74, 6) is -0.165. The molecule has 5 heteroatoms. The predicted molar refractivity (Wildman–Crippen MR) is 99.6 cm³/mol. The van der Waals surface area contributed by atoms with Crippen LogP contribution in [0.25, 0.3) is 6.08 Å². The molecule has 0 aliphatic carbocycles. The molecule has 0 unspecified atom stereocenters. The fraction of sp³-hybridized carbons (Fsp3) is 0.0526. The number of carbonyl (C=O) groups excluding carboxylic acids is 1. The minimum atomic E-state index is -0.165. The molecule has 1 N–H and O–H groups in total. The van der Waals surface area contributed by atoms with Gasteiger partial charge in [0.15, 0.2) is 0 Å². The third kappa shape index (κ3) is 4.43. The Bertz CT molecular complexity index is 857. The molecule has 1 amide bonds. The third-order valence-corrected chi connectivity index (χ3v) is 4.14. The van der Waals surface area contributed by atoms with Crippen molar-refractivity contribution < 1.29 is 4.79 Å². The lowest BCUT2D eigenvalue weighted by Gasteiger charge is -2.06. The smallest absolute Gasteiger partial charge is 0.248 e. The number of hydrogen-bond acceptors (Lipinski definition) is 2. The van der Waals surface area contributed by atoms with Crippen molar-refractivity contribution in [2.75, 3.05) is 5.32 Å². The number of nitrogens with zero attached hydrogens (tertiary/aromatic N) is 2. The Balaban J connectivity index is 1.65. The van der Waals surface area contributed by atoms with E-state index in [1.165, 1.54) is 6.08 Å². The SMILES string of the molecule is O=C(/C=C/c1ccccc1Br)Nc1cccc(Cn2cccn2)c1. The van der Waals surface area contributed by atoms with E-state index in [2.05, 4.69) is 26.3 Å². The van der Waals surface area contributed by atoms with Gasteiger partial charge in [0.25, 0.3) is 0 Å². The van der Waals surface area contributed by atoms with Gasteiger partial charge in [0.05, 0.1) is 6.54 Å². The zero-order valence-corrected chi connectivity index (χ0v) is 14.5. The number of aromatic nitrogens is 2. The molecule has 120 valence electrons. The monoisotopic (exact) mass is 381 g/mol. The number of carbonyl (C=O) groups is 1. The first-order valence-electron chi connectivity index (χ1n) is 7.51. The summed E-state index contributed by atoms with van der Waals surface area (Å²) in [4.78, 5) is 12.1. The third-order valence-electron chi connectivity index (χ3n) is 3.42. The van der Waals surface area contributed by atoms with Crippen LogP contribution in [-0.2, 0) is 11.3 Å². The zero-order valence-electron chi connectivity index (χ0n) is 12.9. The van der Waals surface area contributed by atoms with E-state index in [0.717, 1.165) is 21.3 Å². The Hall–Kier alpha value is -2.66. The maximum Gasteiger partial charge on any atom is 0.248 e. The van der Waals surface area contributed by atoms with E-state index in [4.69, 9.17) is 0 Å². The molecular weight excluding hydrogens is 366 g/mol. The van der Waals surface area contributed by atoms with Gasteiger partial charge in [-0.05, 0) is 41.5 Å². The van der Waals surface area contributed by atoms with Crippen LogP contribution < -0.4 is 5.32 Å². The number of anilines is 1. The molecule has 24 heavy (non-hydrogen) atoms. The lowest BCUT2D eigenvalue weighted by atomic mass is 10.2. The van der Waals surface area contributed by atoms with Gasteiger partial charge in [-0.15, -0.1) is 0 Å². The first-order valence-corrected chi connectivity index (χ1v) is 8.30. The summed E-state index contributed by atoms with van der Waals surface area (Å²) in [6.45, 7) is 0.670. The zero-order chi connectivity index (χ0) is 16.8. The van der Waals surface area contributed by atoms with Crippen LogP contribution in [0.3, 0.4) is 0 Å². The van der Waals surface area contributed by atoms with Crippen molar-refractivity contribution in [1.82, 2.24) is 9.78 Å². The van der Waals surface area contributed by atoms with Gasteiger partial charge in [-0.25, -0.2) is 0 Å². The number of hydrogen-bond donors (Lipinski definition) is 1. The molecule has 0 fully saturated rings. The Morgan fingerprint density at radius 2 is 2.04 bits per heavy atom. The van der Waals surface area contributed by atoms with Crippen LogP contribution in [0, 0.1) is 0 Å². The van der Waals surface area contributed by atoms with E-state index < -0.39 is 0 Å². The van der Waals surface area contributed by atoms with Gasteiger partial charge in [-0.2, -0.15) is 5.10 Å². The minimum Gasteiger partial charge on any atom is -0.323 e. The first-order chi connectivity index (χ1) is 11.7. The molecule has 0 aliphatic rings.